The maximum atomic E-state index is 12.2. The Morgan fingerprint density at radius 2 is 1.82 bits per heavy atom. The van der Waals surface area contributed by atoms with Crippen LogP contribution in [0.2, 0.25) is 0 Å². The maximum absolute atomic E-state index is 12.2. The van der Waals surface area contributed by atoms with Crippen molar-refractivity contribution in [2.75, 3.05) is 0 Å². The molecule has 5 heteroatoms. The monoisotopic (exact) mass is 247 g/mol. The van der Waals surface area contributed by atoms with Gasteiger partial charge >= 0.3 is 6.36 Å². The molecule has 0 aliphatic heterocycles. The van der Waals surface area contributed by atoms with Gasteiger partial charge in [-0.1, -0.05) is 32.0 Å². The molecule has 0 aliphatic carbocycles. The molecule has 0 amide bonds. The molecule has 2 N–H and O–H groups in total. The van der Waals surface area contributed by atoms with E-state index in [9.17, 15) is 13.2 Å². The first-order valence-electron chi connectivity index (χ1n) is 5.40. The van der Waals surface area contributed by atoms with Crippen LogP contribution < -0.4 is 10.5 Å². The van der Waals surface area contributed by atoms with E-state index in [1.807, 2.05) is 13.8 Å². The number of nitrogens with two attached hydrogens (primary N) is 1. The fourth-order valence-electron chi connectivity index (χ4n) is 1.64. The lowest BCUT2D eigenvalue weighted by Crippen LogP contribution is -2.20. The summed E-state index contributed by atoms with van der Waals surface area (Å²) in [5.74, 6) is 0.0945. The molecule has 1 aromatic rings. The van der Waals surface area contributed by atoms with Crippen LogP contribution in [0.1, 0.15) is 31.9 Å². The lowest BCUT2D eigenvalue weighted by molar-refractivity contribution is -0.275. The zero-order chi connectivity index (χ0) is 13.1. The van der Waals surface area contributed by atoms with Crippen LogP contribution in [-0.2, 0) is 0 Å². The highest BCUT2D eigenvalue weighted by Crippen LogP contribution is 2.31. The average Bonchev–Trinajstić information content (AvgIpc) is 2.14. The van der Waals surface area contributed by atoms with E-state index in [0.29, 0.717) is 17.9 Å². The summed E-state index contributed by atoms with van der Waals surface area (Å²) in [6.07, 6.45) is -4.08. The van der Waals surface area contributed by atoms with E-state index in [1.165, 1.54) is 12.1 Å². The Balaban J connectivity index is 2.91. The fourth-order valence-corrected chi connectivity index (χ4v) is 1.64. The Hall–Kier alpha value is -1.23. The zero-order valence-corrected chi connectivity index (χ0v) is 9.79. The van der Waals surface area contributed by atoms with E-state index >= 15 is 0 Å². The molecular formula is C12H16F3NO. The van der Waals surface area contributed by atoms with Crippen molar-refractivity contribution in [3.63, 3.8) is 0 Å². The Kier molecular flexibility index (Phi) is 4.40. The molecule has 1 aromatic carbocycles. The third kappa shape index (κ3) is 4.65. The third-order valence-corrected chi connectivity index (χ3v) is 2.27. The molecule has 96 valence electrons. The van der Waals surface area contributed by atoms with Crippen molar-refractivity contribution in [1.29, 1.82) is 0 Å². The molecule has 0 heterocycles. The van der Waals surface area contributed by atoms with Gasteiger partial charge < -0.3 is 10.5 Å². The number of para-hydroxylation sites is 1. The number of benzene rings is 1. The molecule has 2 nitrogen and oxygen atoms in total. The Morgan fingerprint density at radius 1 is 1.24 bits per heavy atom. The minimum absolute atomic E-state index is 0.215. The van der Waals surface area contributed by atoms with E-state index in [4.69, 9.17) is 5.73 Å². The number of hydrogen-bond acceptors (Lipinski definition) is 2. The second kappa shape index (κ2) is 5.40. The van der Waals surface area contributed by atoms with Crippen LogP contribution in [0.4, 0.5) is 13.2 Å². The van der Waals surface area contributed by atoms with Gasteiger partial charge in [0.15, 0.2) is 0 Å². The Morgan fingerprint density at radius 3 is 2.35 bits per heavy atom. The molecular weight excluding hydrogens is 231 g/mol. The predicted octanol–water partition coefficient (Wildman–Crippen LogP) is 3.63. The molecule has 0 radical (unpaired) electrons. The number of alkyl halides is 3. The lowest BCUT2D eigenvalue weighted by Gasteiger charge is -2.19. The molecule has 0 bridgehead atoms. The molecule has 0 fully saturated rings. The summed E-state index contributed by atoms with van der Waals surface area (Å²) in [5.41, 5.74) is 6.26. The molecule has 1 rings (SSSR count). The first-order valence-corrected chi connectivity index (χ1v) is 5.40. The van der Waals surface area contributed by atoms with Crippen molar-refractivity contribution in [3.05, 3.63) is 29.8 Å². The van der Waals surface area contributed by atoms with E-state index < -0.39 is 12.4 Å². The maximum Gasteiger partial charge on any atom is 0.573 e. The van der Waals surface area contributed by atoms with Gasteiger partial charge in [0.1, 0.15) is 5.75 Å². The summed E-state index contributed by atoms with van der Waals surface area (Å²) in [6, 6.07) is 5.54. The van der Waals surface area contributed by atoms with Crippen LogP contribution >= 0.6 is 0 Å². The van der Waals surface area contributed by atoms with Gasteiger partial charge in [-0.05, 0) is 18.4 Å². The molecule has 0 aromatic heterocycles. The van der Waals surface area contributed by atoms with Crippen molar-refractivity contribution in [3.8, 4) is 5.75 Å². The van der Waals surface area contributed by atoms with E-state index in [-0.39, 0.29) is 5.75 Å². The molecule has 0 saturated heterocycles. The summed E-state index contributed by atoms with van der Waals surface area (Å²) < 4.78 is 40.5. The molecule has 0 aliphatic rings. The normalized spacial score (nSPS) is 13.8. The standard InChI is InChI=1S/C12H16F3NO/c1-8(2)7-10(16)9-5-3-4-6-11(9)17-12(13,14)15/h3-6,8,10H,7,16H2,1-2H3. The second-order valence-corrected chi connectivity index (χ2v) is 4.32. The minimum Gasteiger partial charge on any atom is -0.405 e. The smallest absolute Gasteiger partial charge is 0.405 e. The first-order chi connectivity index (χ1) is 7.79. The first kappa shape index (κ1) is 13.8. The number of ether oxygens (including phenoxy) is 1. The van der Waals surface area contributed by atoms with Crippen LogP contribution in [0.25, 0.3) is 0 Å². The van der Waals surface area contributed by atoms with Gasteiger partial charge in [-0.2, -0.15) is 0 Å². The van der Waals surface area contributed by atoms with Gasteiger partial charge in [0.25, 0.3) is 0 Å². The quantitative estimate of drug-likeness (QED) is 0.881. The van der Waals surface area contributed by atoms with Crippen LogP contribution in [0.3, 0.4) is 0 Å². The molecule has 1 unspecified atom stereocenters. The fraction of sp³-hybridized carbons (Fsp3) is 0.500. The summed E-state index contributed by atoms with van der Waals surface area (Å²) >= 11 is 0. The van der Waals surface area contributed by atoms with Gasteiger partial charge in [0.05, 0.1) is 0 Å². The van der Waals surface area contributed by atoms with E-state index in [1.54, 1.807) is 12.1 Å². The largest absolute Gasteiger partial charge is 0.573 e. The summed E-state index contributed by atoms with van der Waals surface area (Å²) in [4.78, 5) is 0. The number of rotatable bonds is 4. The van der Waals surface area contributed by atoms with E-state index in [2.05, 4.69) is 4.74 Å². The van der Waals surface area contributed by atoms with Gasteiger partial charge in [-0.25, -0.2) is 0 Å². The van der Waals surface area contributed by atoms with E-state index in [0.717, 1.165) is 0 Å². The highest BCUT2D eigenvalue weighted by atomic mass is 19.4. The van der Waals surface area contributed by atoms with Gasteiger partial charge in [-0.3, -0.25) is 0 Å². The number of hydrogen-bond donors (Lipinski definition) is 1. The summed E-state index contributed by atoms with van der Waals surface area (Å²) in [7, 11) is 0. The SMILES string of the molecule is CC(C)CC(N)c1ccccc1OC(F)(F)F. The van der Waals surface area contributed by atoms with Gasteiger partial charge in [0.2, 0.25) is 0 Å². The van der Waals surface area contributed by atoms with Crippen LogP contribution in [0.15, 0.2) is 24.3 Å². The summed E-state index contributed by atoms with van der Waals surface area (Å²) in [6.45, 7) is 3.93. The van der Waals surface area contributed by atoms with Gasteiger partial charge in [0, 0.05) is 11.6 Å². The predicted molar refractivity (Wildman–Crippen MR) is 59.5 cm³/mol. The molecule has 1 atom stereocenters. The average molecular weight is 247 g/mol. The topological polar surface area (TPSA) is 35.2 Å². The molecule has 0 spiro atoms. The minimum atomic E-state index is -4.69. The van der Waals surface area contributed by atoms with Crippen LogP contribution in [-0.4, -0.2) is 6.36 Å². The number of halogens is 3. The second-order valence-electron chi connectivity index (χ2n) is 4.32. The molecule has 0 saturated carbocycles. The van der Waals surface area contributed by atoms with Crippen molar-refractivity contribution < 1.29 is 17.9 Å². The zero-order valence-electron chi connectivity index (χ0n) is 9.79. The summed E-state index contributed by atoms with van der Waals surface area (Å²) in [5, 5.41) is 0. The van der Waals surface area contributed by atoms with Crippen molar-refractivity contribution in [2.24, 2.45) is 11.7 Å². The van der Waals surface area contributed by atoms with Crippen LogP contribution in [0, 0.1) is 5.92 Å². The van der Waals surface area contributed by atoms with Crippen molar-refractivity contribution >= 4 is 0 Å². The lowest BCUT2D eigenvalue weighted by atomic mass is 9.97. The Labute approximate surface area is 98.6 Å². The van der Waals surface area contributed by atoms with Crippen molar-refractivity contribution in [2.45, 2.75) is 32.7 Å². The van der Waals surface area contributed by atoms with Crippen molar-refractivity contribution in [1.82, 2.24) is 0 Å². The van der Waals surface area contributed by atoms with Gasteiger partial charge in [-0.15, -0.1) is 13.2 Å². The van der Waals surface area contributed by atoms with Crippen LogP contribution in [0.5, 0.6) is 5.75 Å². The third-order valence-electron chi connectivity index (χ3n) is 2.27. The highest BCUT2D eigenvalue weighted by molar-refractivity contribution is 5.35. The highest BCUT2D eigenvalue weighted by Gasteiger charge is 2.32. The molecule has 17 heavy (non-hydrogen) atoms. The Bertz CT molecular complexity index is 363.